The van der Waals surface area contributed by atoms with Crippen molar-refractivity contribution < 1.29 is 28.6 Å². The molecule has 2 aromatic carbocycles. The first-order valence-corrected chi connectivity index (χ1v) is 9.16. The maximum Gasteiger partial charge on any atom is 0.343 e. The van der Waals surface area contributed by atoms with E-state index in [1.165, 1.54) is 19.1 Å². The van der Waals surface area contributed by atoms with Crippen LogP contribution in [0.2, 0.25) is 0 Å². The topological polar surface area (TPSA) is 110 Å². The molecule has 2 heterocycles. The SMILES string of the molecule is Cc1c(-c2cc3ccc(OCc4ccc(C(=O)O)cc4)cc3o2)oc(=O)c(C)c1O. The van der Waals surface area contributed by atoms with Crippen LogP contribution in [0.1, 0.15) is 27.0 Å². The van der Waals surface area contributed by atoms with Crippen molar-refractivity contribution in [2.24, 2.45) is 0 Å². The summed E-state index contributed by atoms with van der Waals surface area (Å²) >= 11 is 0. The Morgan fingerprint density at radius 2 is 1.73 bits per heavy atom. The summed E-state index contributed by atoms with van der Waals surface area (Å²) in [6.45, 7) is 3.41. The van der Waals surface area contributed by atoms with Gasteiger partial charge in [0.2, 0.25) is 0 Å². The number of ether oxygens (including phenoxy) is 1. The number of hydrogen-bond donors (Lipinski definition) is 2. The van der Waals surface area contributed by atoms with Crippen molar-refractivity contribution >= 4 is 16.9 Å². The lowest BCUT2D eigenvalue weighted by Crippen LogP contribution is -2.05. The van der Waals surface area contributed by atoms with Gasteiger partial charge in [-0.2, -0.15) is 0 Å². The molecule has 0 atom stereocenters. The summed E-state index contributed by atoms with van der Waals surface area (Å²) in [6.07, 6.45) is 0. The molecule has 0 saturated carbocycles. The van der Waals surface area contributed by atoms with Crippen molar-refractivity contribution in [2.45, 2.75) is 20.5 Å². The van der Waals surface area contributed by atoms with Gasteiger partial charge in [0.15, 0.2) is 11.5 Å². The quantitative estimate of drug-likeness (QED) is 0.496. The van der Waals surface area contributed by atoms with E-state index in [1.54, 1.807) is 37.3 Å². The Balaban J connectivity index is 1.59. The number of carboxylic acids is 1. The second-order valence-electron chi connectivity index (χ2n) is 6.92. The molecule has 7 heteroatoms. The van der Waals surface area contributed by atoms with Crippen molar-refractivity contribution in [2.75, 3.05) is 0 Å². The molecular formula is C23H18O7. The second kappa shape index (κ2) is 7.44. The number of carbonyl (C=O) groups is 1. The van der Waals surface area contributed by atoms with Crippen LogP contribution in [0.15, 0.2) is 62.2 Å². The van der Waals surface area contributed by atoms with E-state index in [-0.39, 0.29) is 29.2 Å². The van der Waals surface area contributed by atoms with Crippen LogP contribution in [0.4, 0.5) is 0 Å². The first kappa shape index (κ1) is 19.3. The summed E-state index contributed by atoms with van der Waals surface area (Å²) in [5.41, 5.74) is 1.53. The summed E-state index contributed by atoms with van der Waals surface area (Å²) in [4.78, 5) is 22.8. The molecule has 4 aromatic rings. The van der Waals surface area contributed by atoms with Gasteiger partial charge in [-0.1, -0.05) is 12.1 Å². The first-order chi connectivity index (χ1) is 14.3. The zero-order valence-corrected chi connectivity index (χ0v) is 16.3. The Bertz CT molecular complexity index is 1310. The number of aromatic hydroxyl groups is 1. The van der Waals surface area contributed by atoms with Gasteiger partial charge < -0.3 is 23.8 Å². The molecule has 7 nitrogen and oxygen atoms in total. The number of aromatic carboxylic acids is 1. The minimum absolute atomic E-state index is 0.111. The Hall–Kier alpha value is -4.00. The molecule has 0 fully saturated rings. The Morgan fingerprint density at radius 3 is 2.43 bits per heavy atom. The van der Waals surface area contributed by atoms with Gasteiger partial charge in [-0.3, -0.25) is 0 Å². The Kier molecular flexibility index (Phi) is 4.79. The number of rotatable bonds is 5. The van der Waals surface area contributed by atoms with E-state index in [9.17, 15) is 14.7 Å². The van der Waals surface area contributed by atoms with E-state index in [0.717, 1.165) is 10.9 Å². The van der Waals surface area contributed by atoms with Crippen molar-refractivity contribution in [3.63, 3.8) is 0 Å². The molecule has 0 aliphatic rings. The van der Waals surface area contributed by atoms with Gasteiger partial charge in [0.05, 0.1) is 11.1 Å². The molecule has 0 spiro atoms. The van der Waals surface area contributed by atoms with E-state index in [1.807, 2.05) is 6.07 Å². The summed E-state index contributed by atoms with van der Waals surface area (Å²) in [7, 11) is 0. The van der Waals surface area contributed by atoms with Crippen molar-refractivity contribution in [3.05, 3.63) is 81.2 Å². The zero-order chi connectivity index (χ0) is 21.4. The largest absolute Gasteiger partial charge is 0.507 e. The highest BCUT2D eigenvalue weighted by molar-refractivity contribution is 5.87. The first-order valence-electron chi connectivity index (χ1n) is 9.16. The van der Waals surface area contributed by atoms with Gasteiger partial charge in [-0.25, -0.2) is 9.59 Å². The highest BCUT2D eigenvalue weighted by Crippen LogP contribution is 2.34. The second-order valence-corrected chi connectivity index (χ2v) is 6.92. The number of hydrogen-bond acceptors (Lipinski definition) is 6. The highest BCUT2D eigenvalue weighted by atomic mass is 16.5. The number of carboxylic acid groups (broad SMARTS) is 1. The van der Waals surface area contributed by atoms with E-state index in [4.69, 9.17) is 18.7 Å². The van der Waals surface area contributed by atoms with Crippen LogP contribution in [0.5, 0.6) is 11.5 Å². The van der Waals surface area contributed by atoms with E-state index < -0.39 is 11.6 Å². The molecule has 2 aromatic heterocycles. The lowest BCUT2D eigenvalue weighted by atomic mass is 10.1. The predicted molar refractivity (Wildman–Crippen MR) is 109 cm³/mol. The Labute approximate surface area is 170 Å². The summed E-state index contributed by atoms with van der Waals surface area (Å²) < 4.78 is 16.9. The third-order valence-electron chi connectivity index (χ3n) is 4.87. The van der Waals surface area contributed by atoms with Crippen LogP contribution >= 0.6 is 0 Å². The van der Waals surface area contributed by atoms with E-state index in [0.29, 0.717) is 22.7 Å². The summed E-state index contributed by atoms with van der Waals surface area (Å²) in [5.74, 6) is -0.0126. The monoisotopic (exact) mass is 406 g/mol. The lowest BCUT2D eigenvalue weighted by Gasteiger charge is -2.06. The summed E-state index contributed by atoms with van der Waals surface area (Å²) in [6, 6.07) is 13.5. The van der Waals surface area contributed by atoms with Crippen LogP contribution in [0.25, 0.3) is 22.5 Å². The fourth-order valence-electron chi connectivity index (χ4n) is 3.09. The molecule has 0 amide bonds. The van der Waals surface area contributed by atoms with Crippen LogP contribution in [-0.2, 0) is 6.61 Å². The predicted octanol–water partition coefficient (Wildman–Crippen LogP) is 4.65. The number of furan rings is 1. The average molecular weight is 406 g/mol. The molecule has 30 heavy (non-hydrogen) atoms. The van der Waals surface area contributed by atoms with Crippen molar-refractivity contribution in [3.8, 4) is 23.0 Å². The average Bonchev–Trinajstić information content (AvgIpc) is 3.16. The van der Waals surface area contributed by atoms with Crippen molar-refractivity contribution in [1.82, 2.24) is 0 Å². The highest BCUT2D eigenvalue weighted by Gasteiger charge is 2.18. The van der Waals surface area contributed by atoms with Crippen LogP contribution in [-0.4, -0.2) is 16.2 Å². The van der Waals surface area contributed by atoms with Gasteiger partial charge in [0.25, 0.3) is 0 Å². The van der Waals surface area contributed by atoms with E-state index >= 15 is 0 Å². The number of fused-ring (bicyclic) bond motifs is 1. The fraction of sp³-hybridized carbons (Fsp3) is 0.130. The molecular weight excluding hydrogens is 388 g/mol. The van der Waals surface area contributed by atoms with E-state index in [2.05, 4.69) is 0 Å². The fourth-order valence-corrected chi connectivity index (χ4v) is 3.09. The molecule has 0 aliphatic carbocycles. The third-order valence-corrected chi connectivity index (χ3v) is 4.87. The third kappa shape index (κ3) is 3.53. The normalized spacial score (nSPS) is 11.0. The Morgan fingerprint density at radius 1 is 1.00 bits per heavy atom. The van der Waals surface area contributed by atoms with Crippen LogP contribution < -0.4 is 10.4 Å². The van der Waals surface area contributed by atoms with Crippen LogP contribution in [0.3, 0.4) is 0 Å². The maximum atomic E-state index is 11.9. The molecule has 152 valence electrons. The minimum atomic E-state index is -0.977. The molecule has 0 unspecified atom stereocenters. The van der Waals surface area contributed by atoms with Gasteiger partial charge in [0, 0.05) is 17.0 Å². The molecule has 0 aliphatic heterocycles. The van der Waals surface area contributed by atoms with Crippen molar-refractivity contribution in [1.29, 1.82) is 0 Å². The minimum Gasteiger partial charge on any atom is -0.507 e. The smallest absolute Gasteiger partial charge is 0.343 e. The van der Waals surface area contributed by atoms with Gasteiger partial charge >= 0.3 is 11.6 Å². The maximum absolute atomic E-state index is 11.9. The van der Waals surface area contributed by atoms with Crippen LogP contribution in [0, 0.1) is 13.8 Å². The standard InChI is InChI=1S/C23H18O7/c1-12-20(24)13(2)23(27)30-21(12)19-9-16-7-8-17(10-18(16)29-19)28-11-14-3-5-15(6-4-14)22(25)26/h3-10,24H,11H2,1-2H3,(H,25,26). The zero-order valence-electron chi connectivity index (χ0n) is 16.3. The molecule has 4 rings (SSSR count). The molecule has 0 saturated heterocycles. The van der Waals surface area contributed by atoms with Gasteiger partial charge in [0.1, 0.15) is 23.7 Å². The summed E-state index contributed by atoms with van der Waals surface area (Å²) in [5, 5.41) is 19.9. The van der Waals surface area contributed by atoms with Gasteiger partial charge in [-0.15, -0.1) is 0 Å². The number of benzene rings is 2. The molecule has 0 bridgehead atoms. The van der Waals surface area contributed by atoms with Gasteiger partial charge in [-0.05, 0) is 49.7 Å². The lowest BCUT2D eigenvalue weighted by molar-refractivity contribution is 0.0697. The molecule has 2 N–H and O–H groups in total. The molecule has 0 radical (unpaired) electrons.